The number of carbonyl (C=O) groups is 2. The van der Waals surface area contributed by atoms with Crippen molar-refractivity contribution in [3.8, 4) is 0 Å². The zero-order valence-electron chi connectivity index (χ0n) is 25.0. The summed E-state index contributed by atoms with van der Waals surface area (Å²) >= 11 is 6.14. The van der Waals surface area contributed by atoms with Gasteiger partial charge in [0.1, 0.15) is 0 Å². The third kappa shape index (κ3) is 4.92. The first-order valence-corrected chi connectivity index (χ1v) is 16.4. The molecule has 2 nitrogen and oxygen atoms in total. The summed E-state index contributed by atoms with van der Waals surface area (Å²) in [6, 6.07) is 0. The fourth-order valence-corrected chi connectivity index (χ4v) is 12.2. The Hall–Kier alpha value is -0.650. The maximum Gasteiger partial charge on any atom is 0.185 e. The molecule has 204 valence electrons. The number of hydrogen-bond donors (Lipinski definition) is 0. The van der Waals surface area contributed by atoms with Crippen molar-refractivity contribution in [2.24, 2.45) is 21.7 Å². The summed E-state index contributed by atoms with van der Waals surface area (Å²) in [5, 5.41) is 0. The Kier molecular flexibility index (Phi) is 6.88. The van der Waals surface area contributed by atoms with Gasteiger partial charge in [-0.3, -0.25) is 9.59 Å². The molecular weight excluding hydrogens is 513 g/mol. The maximum atomic E-state index is 14.0. The zero-order valence-corrected chi connectivity index (χ0v) is 27.4. The number of thioether (sulfide) groups is 3. The number of fused-ring (bicyclic) bond motifs is 1. The fraction of sp³-hybridized carbons (Fsp3) is 0.688. The van der Waals surface area contributed by atoms with E-state index in [4.69, 9.17) is 0 Å². The minimum atomic E-state index is -0.449. The topological polar surface area (TPSA) is 34.1 Å². The second-order valence-electron chi connectivity index (χ2n) is 15.4. The van der Waals surface area contributed by atoms with Crippen molar-refractivity contribution in [3.63, 3.8) is 0 Å². The van der Waals surface area contributed by atoms with Crippen molar-refractivity contribution in [2.45, 2.75) is 103 Å². The number of Topliss-reactive ketones (excluding diaryl/α,β-unsaturated/α-hetero) is 2. The molecule has 2 heterocycles. The molecular formula is C32H46O2S3. The normalized spacial score (nSPS) is 25.5. The summed E-state index contributed by atoms with van der Waals surface area (Å²) in [4.78, 5) is 28.0. The van der Waals surface area contributed by atoms with E-state index >= 15 is 0 Å². The number of rotatable bonds is 0. The first kappa shape index (κ1) is 29.3. The highest BCUT2D eigenvalue weighted by atomic mass is 32.2. The predicted octanol–water partition coefficient (Wildman–Crippen LogP) is 8.83. The van der Waals surface area contributed by atoms with E-state index in [2.05, 4.69) is 131 Å². The van der Waals surface area contributed by atoms with Crippen LogP contribution in [-0.4, -0.2) is 36.6 Å². The lowest BCUT2D eigenvalue weighted by molar-refractivity contribution is -0.115. The van der Waals surface area contributed by atoms with Gasteiger partial charge in [0.15, 0.2) is 11.6 Å². The minimum absolute atomic E-state index is 0.0451. The molecule has 2 aliphatic carbocycles. The van der Waals surface area contributed by atoms with Gasteiger partial charge in [-0.1, -0.05) is 107 Å². The van der Waals surface area contributed by atoms with Crippen molar-refractivity contribution in [1.82, 2.24) is 0 Å². The summed E-state index contributed by atoms with van der Waals surface area (Å²) < 4.78 is -0.853. The Balaban J connectivity index is 2.14. The van der Waals surface area contributed by atoms with E-state index in [1.807, 2.05) is 11.8 Å². The smallest absolute Gasteiger partial charge is 0.185 e. The molecule has 4 aliphatic rings. The number of allylic oxidation sites excluding steroid dienone is 4. The van der Waals surface area contributed by atoms with Crippen molar-refractivity contribution < 1.29 is 9.59 Å². The highest BCUT2D eigenvalue weighted by molar-refractivity contribution is 8.24. The molecule has 0 aromatic carbocycles. The van der Waals surface area contributed by atoms with Crippen LogP contribution in [0.2, 0.25) is 0 Å². The van der Waals surface area contributed by atoms with Crippen molar-refractivity contribution in [2.75, 3.05) is 11.5 Å². The molecule has 0 amide bonds. The van der Waals surface area contributed by atoms with Crippen LogP contribution in [0.25, 0.3) is 0 Å². The Morgan fingerprint density at radius 2 is 0.865 bits per heavy atom. The fourth-order valence-electron chi connectivity index (χ4n) is 5.78. The van der Waals surface area contributed by atoms with Crippen LogP contribution in [0.1, 0.15) is 89.5 Å². The molecule has 0 bridgehead atoms. The zero-order chi connectivity index (χ0) is 28.0. The van der Waals surface area contributed by atoms with Crippen LogP contribution >= 0.6 is 35.3 Å². The molecule has 37 heavy (non-hydrogen) atoms. The monoisotopic (exact) mass is 558 g/mol. The molecule has 5 heteroatoms. The van der Waals surface area contributed by atoms with Crippen LogP contribution in [-0.2, 0) is 9.59 Å². The highest BCUT2D eigenvalue weighted by Crippen LogP contribution is 2.72. The van der Waals surface area contributed by atoms with Gasteiger partial charge >= 0.3 is 0 Å². The molecule has 2 aliphatic heterocycles. The first-order chi connectivity index (χ1) is 16.6. The molecule has 0 aromatic rings. The van der Waals surface area contributed by atoms with Gasteiger partial charge in [0.05, 0.1) is 13.6 Å². The second kappa shape index (κ2) is 8.67. The molecule has 4 rings (SSSR count). The van der Waals surface area contributed by atoms with E-state index in [1.165, 1.54) is 0 Å². The quantitative estimate of drug-likeness (QED) is 0.297. The molecule has 0 N–H and O–H groups in total. The SMILES string of the molecule is CC(C)(C)C1=CC2(C=C(C(C)(C)C)C1=O)SC1(CCSC1)SC21C=C(C(C)(C)C)C(=O)C(C(C)(C)C)=C1. The van der Waals surface area contributed by atoms with Gasteiger partial charge in [-0.15, -0.1) is 23.5 Å². The predicted molar refractivity (Wildman–Crippen MR) is 165 cm³/mol. The lowest BCUT2D eigenvalue weighted by atomic mass is 9.65. The number of carbonyl (C=O) groups excluding carboxylic acids is 2. The van der Waals surface area contributed by atoms with Crippen molar-refractivity contribution in [1.29, 1.82) is 0 Å². The van der Waals surface area contributed by atoms with Gasteiger partial charge in [-0.25, -0.2) is 0 Å². The number of hydrogen-bond acceptors (Lipinski definition) is 5. The summed E-state index contributed by atoms with van der Waals surface area (Å²) in [6.07, 6.45) is 10.4. The second-order valence-corrected chi connectivity index (χ2v) is 20.1. The molecule has 0 aromatic heterocycles. The van der Waals surface area contributed by atoms with E-state index in [0.717, 1.165) is 40.2 Å². The average Bonchev–Trinajstić information content (AvgIpc) is 3.24. The Morgan fingerprint density at radius 3 is 1.08 bits per heavy atom. The van der Waals surface area contributed by atoms with Crippen LogP contribution in [0.15, 0.2) is 46.6 Å². The van der Waals surface area contributed by atoms with Crippen LogP contribution in [0, 0.1) is 21.7 Å². The number of ketones is 2. The van der Waals surface area contributed by atoms with Crippen molar-refractivity contribution >= 4 is 46.9 Å². The Labute approximate surface area is 238 Å². The van der Waals surface area contributed by atoms with Gasteiger partial charge < -0.3 is 0 Å². The van der Waals surface area contributed by atoms with E-state index in [9.17, 15) is 9.59 Å². The molecule has 0 radical (unpaired) electrons. The third-order valence-corrected chi connectivity index (χ3v) is 13.4. The van der Waals surface area contributed by atoms with Crippen molar-refractivity contribution in [3.05, 3.63) is 46.6 Å². The lowest BCUT2D eigenvalue weighted by Crippen LogP contribution is -2.48. The molecule has 0 atom stereocenters. The van der Waals surface area contributed by atoms with Crippen LogP contribution < -0.4 is 0 Å². The molecule has 0 unspecified atom stereocenters. The van der Waals surface area contributed by atoms with Gasteiger partial charge in [0.2, 0.25) is 0 Å². The lowest BCUT2D eigenvalue weighted by Gasteiger charge is -2.46. The van der Waals surface area contributed by atoms with E-state index < -0.39 is 9.49 Å². The first-order valence-electron chi connectivity index (χ1n) is 13.6. The Morgan fingerprint density at radius 1 is 0.568 bits per heavy atom. The molecule has 2 fully saturated rings. The average molecular weight is 559 g/mol. The molecule has 0 saturated carbocycles. The third-order valence-electron chi connectivity index (χ3n) is 7.92. The van der Waals surface area contributed by atoms with E-state index in [-0.39, 0.29) is 37.3 Å². The minimum Gasteiger partial charge on any atom is -0.289 e. The molecule has 3 spiro atoms. The highest BCUT2D eigenvalue weighted by Gasteiger charge is 2.65. The summed E-state index contributed by atoms with van der Waals surface area (Å²) in [7, 11) is 0. The largest absolute Gasteiger partial charge is 0.289 e. The van der Waals surface area contributed by atoms with E-state index in [0.29, 0.717) is 0 Å². The van der Waals surface area contributed by atoms with Gasteiger partial charge in [0, 0.05) is 28.0 Å². The standard InChI is InChI=1S/C32H46O2S3/c1-26(2,3)20-15-30(16-21(24(20)33)27(4,5)6)31(37-32(36-30)13-14-35-19-32)17-22(28(7,8)9)25(34)23(18-31)29(10,11)12/h15-18H,13-14,19H2,1-12H3. The maximum absolute atomic E-state index is 14.0. The Bertz CT molecular complexity index is 990. The van der Waals surface area contributed by atoms with E-state index in [1.54, 1.807) is 0 Å². The van der Waals surface area contributed by atoms with Crippen LogP contribution in [0.3, 0.4) is 0 Å². The van der Waals surface area contributed by atoms with Gasteiger partial charge in [-0.2, -0.15) is 11.8 Å². The van der Waals surface area contributed by atoms with Gasteiger partial charge in [0.25, 0.3) is 0 Å². The summed E-state index contributed by atoms with van der Waals surface area (Å²) in [6.45, 7) is 25.9. The summed E-state index contributed by atoms with van der Waals surface area (Å²) in [5.74, 6) is 2.60. The summed E-state index contributed by atoms with van der Waals surface area (Å²) in [5.41, 5.74) is 2.51. The molecule has 2 saturated heterocycles. The van der Waals surface area contributed by atoms with Gasteiger partial charge in [-0.05, 0) is 33.8 Å². The van der Waals surface area contributed by atoms with Crippen LogP contribution in [0.4, 0.5) is 0 Å². The van der Waals surface area contributed by atoms with Crippen LogP contribution in [0.5, 0.6) is 0 Å².